The van der Waals surface area contributed by atoms with E-state index in [-0.39, 0.29) is 5.41 Å². The topological polar surface area (TPSA) is 30.3 Å². The van der Waals surface area contributed by atoms with Crippen molar-refractivity contribution in [2.75, 3.05) is 39.3 Å². The third kappa shape index (κ3) is 7.11. The van der Waals surface area contributed by atoms with E-state index >= 15 is 0 Å². The monoisotopic (exact) mass is 291 g/mol. The van der Waals surface area contributed by atoms with Gasteiger partial charge < -0.3 is 4.90 Å². The van der Waals surface area contributed by atoms with Crippen molar-refractivity contribution in [1.82, 2.24) is 9.80 Å². The zero-order valence-electron chi connectivity index (χ0n) is 12.3. The van der Waals surface area contributed by atoms with E-state index in [0.717, 1.165) is 25.8 Å². The van der Waals surface area contributed by atoms with Crippen molar-refractivity contribution in [1.29, 1.82) is 5.26 Å². The Balaban J connectivity index is 2.13. The molecule has 0 aliphatic carbocycles. The first-order chi connectivity index (χ1) is 9.22. The third-order valence-electron chi connectivity index (χ3n) is 3.70. The minimum atomic E-state index is -4.09. The second-order valence-corrected chi connectivity index (χ2v) is 6.19. The molecule has 0 aromatic rings. The fraction of sp³-hybridized carbons (Fsp3) is 0.929. The van der Waals surface area contributed by atoms with Gasteiger partial charge in [-0.3, -0.25) is 4.90 Å². The average molecular weight is 291 g/mol. The molecule has 0 spiro atoms. The lowest BCUT2D eigenvalue weighted by Gasteiger charge is -2.35. The molecule has 1 heterocycles. The van der Waals surface area contributed by atoms with Crippen molar-refractivity contribution >= 4 is 0 Å². The summed E-state index contributed by atoms with van der Waals surface area (Å²) in [6.45, 7) is 6.38. The van der Waals surface area contributed by atoms with Crippen LogP contribution >= 0.6 is 0 Å². The van der Waals surface area contributed by atoms with E-state index in [9.17, 15) is 13.2 Å². The Morgan fingerprint density at radius 3 is 2.05 bits per heavy atom. The minimum absolute atomic E-state index is 0.272. The minimum Gasteiger partial charge on any atom is -0.301 e. The summed E-state index contributed by atoms with van der Waals surface area (Å²) in [5.41, 5.74) is -0.272. The molecule has 20 heavy (non-hydrogen) atoms. The Kier molecular flexibility index (Phi) is 6.28. The number of piperazine rings is 1. The first kappa shape index (κ1) is 17.3. The predicted molar refractivity (Wildman–Crippen MR) is 72.2 cm³/mol. The number of nitriles is 1. The second kappa shape index (κ2) is 7.28. The van der Waals surface area contributed by atoms with Gasteiger partial charge >= 0.3 is 6.18 Å². The SMILES string of the molecule is CC(C)(C#N)CCCCN1CCN(CC(F)(F)F)CC1. The fourth-order valence-electron chi connectivity index (χ4n) is 2.38. The number of halogens is 3. The summed E-state index contributed by atoms with van der Waals surface area (Å²) >= 11 is 0. The van der Waals surface area contributed by atoms with E-state index in [1.165, 1.54) is 4.90 Å². The Morgan fingerprint density at radius 1 is 1.00 bits per heavy atom. The largest absolute Gasteiger partial charge is 0.401 e. The average Bonchev–Trinajstić information content (AvgIpc) is 2.35. The van der Waals surface area contributed by atoms with E-state index < -0.39 is 12.7 Å². The molecule has 0 unspecified atom stereocenters. The summed E-state index contributed by atoms with van der Waals surface area (Å²) in [6.07, 6.45) is -1.23. The van der Waals surface area contributed by atoms with Crippen molar-refractivity contribution in [2.45, 2.75) is 39.3 Å². The van der Waals surface area contributed by atoms with Gasteiger partial charge in [0.15, 0.2) is 0 Å². The molecule has 1 saturated heterocycles. The van der Waals surface area contributed by atoms with E-state index in [2.05, 4.69) is 11.0 Å². The molecule has 116 valence electrons. The van der Waals surface area contributed by atoms with Crippen molar-refractivity contribution in [3.05, 3.63) is 0 Å². The van der Waals surface area contributed by atoms with Gasteiger partial charge in [-0.25, -0.2) is 0 Å². The van der Waals surface area contributed by atoms with Gasteiger partial charge in [0.25, 0.3) is 0 Å². The molecule has 1 aliphatic heterocycles. The van der Waals surface area contributed by atoms with Crippen LogP contribution in [0.5, 0.6) is 0 Å². The molecule has 3 nitrogen and oxygen atoms in total. The third-order valence-corrected chi connectivity index (χ3v) is 3.70. The van der Waals surface area contributed by atoms with Crippen molar-refractivity contribution in [2.24, 2.45) is 5.41 Å². The molecule has 0 saturated carbocycles. The Morgan fingerprint density at radius 2 is 1.55 bits per heavy atom. The first-order valence-electron chi connectivity index (χ1n) is 7.15. The second-order valence-electron chi connectivity index (χ2n) is 6.19. The normalized spacial score (nSPS) is 19.0. The Bertz CT molecular complexity index is 326. The number of unbranched alkanes of at least 4 members (excludes halogenated alkanes) is 1. The molecule has 0 aromatic heterocycles. The zero-order valence-corrected chi connectivity index (χ0v) is 12.3. The van der Waals surface area contributed by atoms with Crippen molar-refractivity contribution in [3.63, 3.8) is 0 Å². The van der Waals surface area contributed by atoms with Crippen LogP contribution in [0.3, 0.4) is 0 Å². The van der Waals surface area contributed by atoms with Gasteiger partial charge in [-0.05, 0) is 33.2 Å². The summed E-state index contributed by atoms with van der Waals surface area (Å²) in [5, 5.41) is 8.91. The number of alkyl halides is 3. The molecule has 0 N–H and O–H groups in total. The van der Waals surface area contributed by atoms with Crippen molar-refractivity contribution < 1.29 is 13.2 Å². The Labute approximate surface area is 119 Å². The van der Waals surface area contributed by atoms with Crippen LogP contribution in [0.2, 0.25) is 0 Å². The molecule has 0 aromatic carbocycles. The standard InChI is InChI=1S/C14H24F3N3/c1-13(2,11-18)5-3-4-6-19-7-9-20(10-8-19)12-14(15,16)17/h3-10,12H2,1-2H3. The van der Waals surface area contributed by atoms with Gasteiger partial charge in [-0.15, -0.1) is 0 Å². The van der Waals surface area contributed by atoms with Crippen LogP contribution in [0.4, 0.5) is 13.2 Å². The molecule has 1 aliphatic rings. The summed E-state index contributed by atoms with van der Waals surface area (Å²) in [7, 11) is 0. The molecule has 6 heteroatoms. The smallest absolute Gasteiger partial charge is 0.301 e. The predicted octanol–water partition coefficient (Wildman–Crippen LogP) is 2.89. The van der Waals surface area contributed by atoms with Crippen LogP contribution in [-0.4, -0.2) is 55.2 Å². The maximum atomic E-state index is 12.2. The van der Waals surface area contributed by atoms with Gasteiger partial charge in [0, 0.05) is 26.2 Å². The summed E-state index contributed by atoms with van der Waals surface area (Å²) in [5.74, 6) is 0. The maximum Gasteiger partial charge on any atom is 0.401 e. The van der Waals surface area contributed by atoms with Gasteiger partial charge in [0.1, 0.15) is 0 Å². The number of hydrogen-bond donors (Lipinski definition) is 0. The van der Waals surface area contributed by atoms with Crippen LogP contribution in [0.15, 0.2) is 0 Å². The lowest BCUT2D eigenvalue weighted by atomic mass is 9.89. The summed E-state index contributed by atoms with van der Waals surface area (Å²) in [6, 6.07) is 2.28. The van der Waals surface area contributed by atoms with E-state index in [1.54, 1.807) is 0 Å². The summed E-state index contributed by atoms with van der Waals surface area (Å²) < 4.78 is 36.7. The van der Waals surface area contributed by atoms with Crippen LogP contribution in [0.1, 0.15) is 33.1 Å². The van der Waals surface area contributed by atoms with Crippen LogP contribution < -0.4 is 0 Å². The van der Waals surface area contributed by atoms with Crippen LogP contribution in [0, 0.1) is 16.7 Å². The van der Waals surface area contributed by atoms with E-state index in [1.807, 2.05) is 13.8 Å². The molecular weight excluding hydrogens is 267 g/mol. The highest BCUT2D eigenvalue weighted by molar-refractivity contribution is 4.91. The van der Waals surface area contributed by atoms with Gasteiger partial charge in [-0.1, -0.05) is 6.42 Å². The highest BCUT2D eigenvalue weighted by Crippen LogP contribution is 2.22. The lowest BCUT2D eigenvalue weighted by Crippen LogP contribution is -2.49. The van der Waals surface area contributed by atoms with Crippen LogP contribution in [-0.2, 0) is 0 Å². The molecule has 0 atom stereocenters. The molecule has 0 amide bonds. The van der Waals surface area contributed by atoms with Crippen molar-refractivity contribution in [3.8, 4) is 6.07 Å². The van der Waals surface area contributed by atoms with E-state index in [0.29, 0.717) is 26.2 Å². The highest BCUT2D eigenvalue weighted by Gasteiger charge is 2.31. The van der Waals surface area contributed by atoms with Gasteiger partial charge in [0.2, 0.25) is 0 Å². The fourth-order valence-corrected chi connectivity index (χ4v) is 2.38. The summed E-state index contributed by atoms with van der Waals surface area (Å²) in [4.78, 5) is 3.68. The molecule has 1 fully saturated rings. The number of nitrogens with zero attached hydrogens (tertiary/aromatic N) is 3. The lowest BCUT2D eigenvalue weighted by molar-refractivity contribution is -0.149. The van der Waals surface area contributed by atoms with Gasteiger partial charge in [-0.2, -0.15) is 18.4 Å². The molecule has 0 bridgehead atoms. The number of hydrogen-bond acceptors (Lipinski definition) is 3. The maximum absolute atomic E-state index is 12.2. The molecular formula is C14H24F3N3. The zero-order chi connectivity index (χ0) is 15.2. The number of rotatable bonds is 6. The Hall–Kier alpha value is -0.800. The molecule has 0 radical (unpaired) electrons. The quantitative estimate of drug-likeness (QED) is 0.705. The highest BCUT2D eigenvalue weighted by atomic mass is 19.4. The van der Waals surface area contributed by atoms with Gasteiger partial charge in [0.05, 0.1) is 18.0 Å². The van der Waals surface area contributed by atoms with Crippen LogP contribution in [0.25, 0.3) is 0 Å². The molecule has 1 rings (SSSR count). The van der Waals surface area contributed by atoms with E-state index in [4.69, 9.17) is 5.26 Å². The first-order valence-corrected chi connectivity index (χ1v) is 7.15.